The SMILES string of the molecule is C[C@@H](O)c1cc(Cl)ccc1OC(F)F. The first kappa shape index (κ1) is 11.2. The van der Waals surface area contributed by atoms with E-state index in [1.165, 1.54) is 25.1 Å². The Kier molecular flexibility index (Phi) is 3.66. The van der Waals surface area contributed by atoms with Crippen molar-refractivity contribution in [2.24, 2.45) is 0 Å². The van der Waals surface area contributed by atoms with Crippen LogP contribution in [0.15, 0.2) is 18.2 Å². The van der Waals surface area contributed by atoms with Crippen molar-refractivity contribution in [2.45, 2.75) is 19.6 Å². The summed E-state index contributed by atoms with van der Waals surface area (Å²) in [4.78, 5) is 0. The lowest BCUT2D eigenvalue weighted by atomic mass is 10.1. The topological polar surface area (TPSA) is 29.5 Å². The molecule has 5 heteroatoms. The van der Waals surface area contributed by atoms with E-state index in [0.717, 1.165) is 0 Å². The van der Waals surface area contributed by atoms with Gasteiger partial charge in [-0.15, -0.1) is 0 Å². The molecule has 0 heterocycles. The zero-order valence-electron chi connectivity index (χ0n) is 7.38. The number of aliphatic hydroxyl groups is 1. The number of alkyl halides is 2. The molecule has 1 rings (SSSR count). The highest BCUT2D eigenvalue weighted by Crippen LogP contribution is 2.29. The summed E-state index contributed by atoms with van der Waals surface area (Å²) in [5.41, 5.74) is 0.248. The summed E-state index contributed by atoms with van der Waals surface area (Å²) in [5, 5.41) is 9.62. The molecule has 78 valence electrons. The van der Waals surface area contributed by atoms with Gasteiger partial charge in [0.2, 0.25) is 0 Å². The van der Waals surface area contributed by atoms with Crippen LogP contribution in [-0.4, -0.2) is 11.7 Å². The molecule has 1 aromatic carbocycles. The van der Waals surface area contributed by atoms with Gasteiger partial charge >= 0.3 is 6.61 Å². The Hall–Kier alpha value is -0.870. The van der Waals surface area contributed by atoms with E-state index >= 15 is 0 Å². The molecule has 0 fully saturated rings. The first-order valence-corrected chi connectivity index (χ1v) is 4.31. The van der Waals surface area contributed by atoms with E-state index in [1.54, 1.807) is 0 Å². The van der Waals surface area contributed by atoms with Gasteiger partial charge in [0.15, 0.2) is 0 Å². The van der Waals surface area contributed by atoms with Gasteiger partial charge in [0.05, 0.1) is 6.10 Å². The van der Waals surface area contributed by atoms with E-state index in [2.05, 4.69) is 4.74 Å². The van der Waals surface area contributed by atoms with Crippen molar-refractivity contribution in [2.75, 3.05) is 0 Å². The lowest BCUT2D eigenvalue weighted by Gasteiger charge is -2.12. The van der Waals surface area contributed by atoms with E-state index in [4.69, 9.17) is 11.6 Å². The molecular weight excluding hydrogens is 214 g/mol. The maximum absolute atomic E-state index is 11.9. The van der Waals surface area contributed by atoms with E-state index in [9.17, 15) is 13.9 Å². The first-order valence-electron chi connectivity index (χ1n) is 3.93. The van der Waals surface area contributed by atoms with Crippen molar-refractivity contribution in [3.63, 3.8) is 0 Å². The Balaban J connectivity index is 3.02. The van der Waals surface area contributed by atoms with Crippen LogP contribution in [0.5, 0.6) is 5.75 Å². The molecule has 0 radical (unpaired) electrons. The van der Waals surface area contributed by atoms with E-state index < -0.39 is 12.7 Å². The van der Waals surface area contributed by atoms with E-state index in [0.29, 0.717) is 5.02 Å². The number of aliphatic hydroxyl groups excluding tert-OH is 1. The van der Waals surface area contributed by atoms with Crippen LogP contribution in [0, 0.1) is 0 Å². The third-order valence-electron chi connectivity index (χ3n) is 1.64. The quantitative estimate of drug-likeness (QED) is 0.852. The van der Waals surface area contributed by atoms with Gasteiger partial charge < -0.3 is 9.84 Å². The highest BCUT2D eigenvalue weighted by atomic mass is 35.5. The van der Waals surface area contributed by atoms with Crippen LogP contribution >= 0.6 is 11.6 Å². The van der Waals surface area contributed by atoms with Crippen molar-refractivity contribution < 1.29 is 18.6 Å². The van der Waals surface area contributed by atoms with E-state index in [1.807, 2.05) is 0 Å². The minimum Gasteiger partial charge on any atom is -0.434 e. The Morgan fingerprint density at radius 3 is 2.57 bits per heavy atom. The molecule has 0 aromatic heterocycles. The molecule has 0 saturated carbocycles. The smallest absolute Gasteiger partial charge is 0.387 e. The molecule has 1 aromatic rings. The van der Waals surface area contributed by atoms with Crippen molar-refractivity contribution in [1.29, 1.82) is 0 Å². The van der Waals surface area contributed by atoms with Crippen LogP contribution in [0.2, 0.25) is 5.02 Å². The van der Waals surface area contributed by atoms with Crippen molar-refractivity contribution in [3.05, 3.63) is 28.8 Å². The number of hydrogen-bond acceptors (Lipinski definition) is 2. The summed E-state index contributed by atoms with van der Waals surface area (Å²) in [6.45, 7) is -1.46. The first-order chi connectivity index (χ1) is 6.50. The third-order valence-corrected chi connectivity index (χ3v) is 1.87. The third kappa shape index (κ3) is 2.82. The van der Waals surface area contributed by atoms with E-state index in [-0.39, 0.29) is 11.3 Å². The van der Waals surface area contributed by atoms with Crippen LogP contribution in [-0.2, 0) is 0 Å². The van der Waals surface area contributed by atoms with Gasteiger partial charge in [0, 0.05) is 10.6 Å². The number of ether oxygens (including phenoxy) is 1. The predicted molar refractivity (Wildman–Crippen MR) is 48.7 cm³/mol. The molecule has 0 aliphatic rings. The van der Waals surface area contributed by atoms with Crippen LogP contribution < -0.4 is 4.74 Å². The number of rotatable bonds is 3. The molecule has 0 amide bonds. The molecule has 14 heavy (non-hydrogen) atoms. The molecule has 0 unspecified atom stereocenters. The molecule has 0 aliphatic heterocycles. The Labute approximate surface area is 85.1 Å². The van der Waals surface area contributed by atoms with Crippen LogP contribution in [0.1, 0.15) is 18.6 Å². The Bertz CT molecular complexity index is 316. The van der Waals surface area contributed by atoms with Crippen molar-refractivity contribution >= 4 is 11.6 Å². The second kappa shape index (κ2) is 4.57. The average molecular weight is 223 g/mol. The molecule has 0 aliphatic carbocycles. The summed E-state index contributed by atoms with van der Waals surface area (Å²) >= 11 is 5.64. The van der Waals surface area contributed by atoms with Gasteiger partial charge in [-0.1, -0.05) is 11.6 Å². The lowest BCUT2D eigenvalue weighted by Crippen LogP contribution is -2.05. The fraction of sp³-hybridized carbons (Fsp3) is 0.333. The molecule has 2 nitrogen and oxygen atoms in total. The zero-order chi connectivity index (χ0) is 10.7. The van der Waals surface area contributed by atoms with Crippen LogP contribution in [0.25, 0.3) is 0 Å². The average Bonchev–Trinajstić information content (AvgIpc) is 2.07. The van der Waals surface area contributed by atoms with Gasteiger partial charge in [-0.25, -0.2) is 0 Å². The fourth-order valence-electron chi connectivity index (χ4n) is 1.05. The maximum Gasteiger partial charge on any atom is 0.387 e. The minimum absolute atomic E-state index is 0.0561. The molecule has 0 saturated heterocycles. The number of hydrogen-bond donors (Lipinski definition) is 1. The molecule has 0 spiro atoms. The summed E-state index contributed by atoms with van der Waals surface area (Å²) < 4.78 is 28.1. The number of halogens is 3. The highest BCUT2D eigenvalue weighted by molar-refractivity contribution is 6.30. The molecular formula is C9H9ClF2O2. The summed E-state index contributed by atoms with van der Waals surface area (Å²) in [5.74, 6) is -0.0561. The molecule has 1 atom stereocenters. The summed E-state index contributed by atoms with van der Waals surface area (Å²) in [6.07, 6.45) is -0.901. The van der Waals surface area contributed by atoms with Gasteiger partial charge in [0.1, 0.15) is 5.75 Å². The van der Waals surface area contributed by atoms with Crippen molar-refractivity contribution in [3.8, 4) is 5.75 Å². The Morgan fingerprint density at radius 1 is 1.43 bits per heavy atom. The second-order valence-corrected chi connectivity index (χ2v) is 3.17. The molecule has 0 bridgehead atoms. The predicted octanol–water partition coefficient (Wildman–Crippen LogP) is 2.99. The van der Waals surface area contributed by atoms with Crippen molar-refractivity contribution in [1.82, 2.24) is 0 Å². The van der Waals surface area contributed by atoms with Crippen LogP contribution in [0.4, 0.5) is 8.78 Å². The highest BCUT2D eigenvalue weighted by Gasteiger charge is 2.13. The van der Waals surface area contributed by atoms with Gasteiger partial charge in [0.25, 0.3) is 0 Å². The van der Waals surface area contributed by atoms with Gasteiger partial charge in [-0.2, -0.15) is 8.78 Å². The number of benzene rings is 1. The van der Waals surface area contributed by atoms with Gasteiger partial charge in [-0.05, 0) is 25.1 Å². The molecule has 1 N–H and O–H groups in total. The Morgan fingerprint density at radius 2 is 2.07 bits per heavy atom. The summed E-state index contributed by atoms with van der Waals surface area (Å²) in [7, 11) is 0. The van der Waals surface area contributed by atoms with Gasteiger partial charge in [-0.3, -0.25) is 0 Å². The zero-order valence-corrected chi connectivity index (χ0v) is 8.13. The minimum atomic E-state index is -2.91. The lowest BCUT2D eigenvalue weighted by molar-refractivity contribution is -0.0514. The van der Waals surface area contributed by atoms with Crippen LogP contribution in [0.3, 0.4) is 0 Å². The fourth-order valence-corrected chi connectivity index (χ4v) is 1.23. The maximum atomic E-state index is 11.9. The standard InChI is InChI=1S/C9H9ClF2O2/c1-5(13)7-4-6(10)2-3-8(7)14-9(11)12/h2-5,9,13H,1H3/t5-/m1/s1. The summed E-state index contributed by atoms with van der Waals surface area (Å²) in [6, 6.07) is 4.12. The largest absolute Gasteiger partial charge is 0.434 e. The normalized spacial score (nSPS) is 13.0. The monoisotopic (exact) mass is 222 g/mol. The second-order valence-electron chi connectivity index (χ2n) is 2.74.